The van der Waals surface area contributed by atoms with E-state index in [1.165, 1.54) is 24.3 Å². The summed E-state index contributed by atoms with van der Waals surface area (Å²) in [7, 11) is -3.50. The van der Waals surface area contributed by atoms with Gasteiger partial charge in [0.05, 0.1) is 11.0 Å². The van der Waals surface area contributed by atoms with Gasteiger partial charge in [0.25, 0.3) is 0 Å². The van der Waals surface area contributed by atoms with Crippen molar-refractivity contribution in [3.8, 4) is 6.07 Å². The van der Waals surface area contributed by atoms with E-state index in [0.717, 1.165) is 12.8 Å². The Kier molecular flexibility index (Phi) is 6.15. The van der Waals surface area contributed by atoms with Crippen LogP contribution in [0.3, 0.4) is 0 Å². The van der Waals surface area contributed by atoms with Crippen molar-refractivity contribution < 1.29 is 13.2 Å². The lowest BCUT2D eigenvalue weighted by Gasteiger charge is -2.07. The first-order chi connectivity index (χ1) is 9.49. The van der Waals surface area contributed by atoms with Crippen molar-refractivity contribution in [3.63, 3.8) is 0 Å². The number of hydrogen-bond donors (Lipinski definition) is 2. The molecule has 1 rings (SSSR count). The third-order valence-corrected chi connectivity index (χ3v) is 3.99. The maximum atomic E-state index is 11.9. The molecule has 1 amide bonds. The minimum absolute atomic E-state index is 0.145. The number of anilines is 1. The van der Waals surface area contributed by atoms with Crippen LogP contribution in [0.25, 0.3) is 0 Å². The smallest absolute Gasteiger partial charge is 0.240 e. The van der Waals surface area contributed by atoms with Crippen LogP contribution in [0, 0.1) is 11.3 Å². The number of rotatable bonds is 7. The molecule has 7 heteroatoms. The normalized spacial score (nSPS) is 10.8. The van der Waals surface area contributed by atoms with E-state index in [4.69, 9.17) is 5.26 Å². The summed E-state index contributed by atoms with van der Waals surface area (Å²) >= 11 is 0. The van der Waals surface area contributed by atoms with E-state index in [1.807, 2.05) is 6.92 Å². The van der Waals surface area contributed by atoms with Gasteiger partial charge in [0.1, 0.15) is 6.42 Å². The van der Waals surface area contributed by atoms with Gasteiger partial charge in [-0.15, -0.1) is 0 Å². The Balaban J connectivity index is 2.71. The summed E-state index contributed by atoms with van der Waals surface area (Å²) in [5, 5.41) is 10.9. The molecular weight excluding hydrogens is 278 g/mol. The predicted octanol–water partition coefficient (Wildman–Crippen LogP) is 1.62. The van der Waals surface area contributed by atoms with Gasteiger partial charge in [-0.3, -0.25) is 4.79 Å². The van der Waals surface area contributed by atoms with E-state index in [-0.39, 0.29) is 11.3 Å². The Morgan fingerprint density at radius 3 is 2.50 bits per heavy atom. The monoisotopic (exact) mass is 295 g/mol. The van der Waals surface area contributed by atoms with Crippen molar-refractivity contribution in [1.82, 2.24) is 4.72 Å². The van der Waals surface area contributed by atoms with Crippen molar-refractivity contribution in [2.75, 3.05) is 11.9 Å². The number of nitrogens with zero attached hydrogens (tertiary/aromatic N) is 1. The highest BCUT2D eigenvalue weighted by Crippen LogP contribution is 2.14. The van der Waals surface area contributed by atoms with Crippen molar-refractivity contribution >= 4 is 21.6 Å². The summed E-state index contributed by atoms with van der Waals surface area (Å²) < 4.78 is 26.3. The maximum absolute atomic E-state index is 11.9. The Bertz CT molecular complexity index is 588. The van der Waals surface area contributed by atoms with Crippen LogP contribution >= 0.6 is 0 Å². The number of carbonyl (C=O) groups excluding carboxylic acids is 1. The van der Waals surface area contributed by atoms with Gasteiger partial charge in [0, 0.05) is 12.2 Å². The van der Waals surface area contributed by atoms with Crippen LogP contribution in [0.5, 0.6) is 0 Å². The summed E-state index contributed by atoms with van der Waals surface area (Å²) in [5.41, 5.74) is 0.456. The van der Waals surface area contributed by atoms with Crippen LogP contribution in [0.4, 0.5) is 5.69 Å². The molecule has 0 radical (unpaired) electrons. The molecule has 1 aromatic rings. The molecule has 6 nitrogen and oxygen atoms in total. The van der Waals surface area contributed by atoms with Crippen LogP contribution in [0.15, 0.2) is 29.2 Å². The Morgan fingerprint density at radius 1 is 1.30 bits per heavy atom. The molecular formula is C13H17N3O3S. The molecule has 0 bridgehead atoms. The van der Waals surface area contributed by atoms with Crippen molar-refractivity contribution in [1.29, 1.82) is 5.26 Å². The summed E-state index contributed by atoms with van der Waals surface area (Å²) in [6.07, 6.45) is 1.45. The summed E-state index contributed by atoms with van der Waals surface area (Å²) in [6, 6.07) is 7.54. The molecule has 0 unspecified atom stereocenters. The van der Waals surface area contributed by atoms with Crippen molar-refractivity contribution in [3.05, 3.63) is 24.3 Å². The molecule has 108 valence electrons. The first-order valence-corrected chi connectivity index (χ1v) is 7.74. The average Bonchev–Trinajstić information content (AvgIpc) is 2.39. The molecule has 1 aromatic carbocycles. The van der Waals surface area contributed by atoms with Gasteiger partial charge in [-0.2, -0.15) is 5.26 Å². The number of benzene rings is 1. The topological polar surface area (TPSA) is 99.1 Å². The molecule has 0 aliphatic heterocycles. The number of nitriles is 1. The van der Waals surface area contributed by atoms with Crippen LogP contribution in [0.1, 0.15) is 26.2 Å². The number of carbonyl (C=O) groups is 1. The van der Waals surface area contributed by atoms with E-state index in [0.29, 0.717) is 12.2 Å². The second-order valence-electron chi connectivity index (χ2n) is 4.16. The summed E-state index contributed by atoms with van der Waals surface area (Å²) in [4.78, 5) is 11.3. The van der Waals surface area contributed by atoms with E-state index in [9.17, 15) is 13.2 Å². The molecule has 2 N–H and O–H groups in total. The number of unbranched alkanes of at least 4 members (excludes halogenated alkanes) is 1. The highest BCUT2D eigenvalue weighted by Gasteiger charge is 2.13. The molecule has 20 heavy (non-hydrogen) atoms. The summed E-state index contributed by atoms with van der Waals surface area (Å²) in [6.45, 7) is 2.38. The molecule has 0 saturated carbocycles. The van der Waals surface area contributed by atoms with E-state index in [2.05, 4.69) is 10.0 Å². The minimum atomic E-state index is -3.50. The highest BCUT2D eigenvalue weighted by atomic mass is 32.2. The molecule has 0 aliphatic carbocycles. The fraction of sp³-hybridized carbons (Fsp3) is 0.385. The molecule has 0 aliphatic rings. The maximum Gasteiger partial charge on any atom is 0.240 e. The number of sulfonamides is 1. The lowest BCUT2D eigenvalue weighted by Crippen LogP contribution is -2.24. The third kappa shape index (κ3) is 4.99. The Hall–Kier alpha value is -1.91. The Labute approximate surface area is 118 Å². The molecule has 0 fully saturated rings. The summed E-state index contributed by atoms with van der Waals surface area (Å²) in [5.74, 6) is -0.427. The zero-order chi connectivity index (χ0) is 15.0. The number of hydrogen-bond acceptors (Lipinski definition) is 4. The minimum Gasteiger partial charge on any atom is -0.325 e. The van der Waals surface area contributed by atoms with Gasteiger partial charge >= 0.3 is 0 Å². The molecule has 0 saturated heterocycles. The largest absolute Gasteiger partial charge is 0.325 e. The van der Waals surface area contributed by atoms with Gasteiger partial charge in [0.15, 0.2) is 0 Å². The first kappa shape index (κ1) is 16.1. The van der Waals surface area contributed by atoms with Crippen molar-refractivity contribution in [2.45, 2.75) is 31.1 Å². The second kappa shape index (κ2) is 7.62. The fourth-order valence-corrected chi connectivity index (χ4v) is 2.54. The van der Waals surface area contributed by atoms with E-state index < -0.39 is 15.9 Å². The fourth-order valence-electron chi connectivity index (χ4n) is 1.46. The zero-order valence-electron chi connectivity index (χ0n) is 11.2. The molecule has 0 spiro atoms. The first-order valence-electron chi connectivity index (χ1n) is 6.26. The predicted molar refractivity (Wildman–Crippen MR) is 75.4 cm³/mol. The van der Waals surface area contributed by atoms with Gasteiger partial charge in [0.2, 0.25) is 15.9 Å². The van der Waals surface area contributed by atoms with Gasteiger partial charge in [-0.05, 0) is 30.7 Å². The third-order valence-electron chi connectivity index (χ3n) is 2.51. The van der Waals surface area contributed by atoms with E-state index in [1.54, 1.807) is 6.07 Å². The van der Waals surface area contributed by atoms with Gasteiger partial charge < -0.3 is 5.32 Å². The Morgan fingerprint density at radius 2 is 1.95 bits per heavy atom. The van der Waals surface area contributed by atoms with Crippen LogP contribution in [-0.2, 0) is 14.8 Å². The molecule has 0 aromatic heterocycles. The zero-order valence-corrected chi connectivity index (χ0v) is 12.0. The lowest BCUT2D eigenvalue weighted by atomic mass is 10.3. The van der Waals surface area contributed by atoms with E-state index >= 15 is 0 Å². The van der Waals surface area contributed by atoms with Crippen LogP contribution in [0.2, 0.25) is 0 Å². The number of amides is 1. The average molecular weight is 295 g/mol. The van der Waals surface area contributed by atoms with Gasteiger partial charge in [-0.25, -0.2) is 13.1 Å². The standard InChI is InChI=1S/C13H17N3O3S/c1-2-3-10-15-20(18,19)12-6-4-11(5-7-12)16-13(17)8-9-14/h4-7,15H,2-3,8,10H2,1H3,(H,16,17). The highest BCUT2D eigenvalue weighted by molar-refractivity contribution is 7.89. The van der Waals surface area contributed by atoms with Gasteiger partial charge in [-0.1, -0.05) is 13.3 Å². The van der Waals surface area contributed by atoms with Crippen LogP contribution in [-0.4, -0.2) is 20.9 Å². The molecule has 0 atom stereocenters. The quantitative estimate of drug-likeness (QED) is 0.746. The second-order valence-corrected chi connectivity index (χ2v) is 5.93. The SMILES string of the molecule is CCCCNS(=O)(=O)c1ccc(NC(=O)CC#N)cc1. The molecule has 0 heterocycles. The van der Waals surface area contributed by atoms with Crippen LogP contribution < -0.4 is 10.0 Å². The number of nitrogens with one attached hydrogen (secondary N) is 2. The lowest BCUT2D eigenvalue weighted by molar-refractivity contribution is -0.115. The van der Waals surface area contributed by atoms with Crippen molar-refractivity contribution in [2.24, 2.45) is 0 Å².